The fraction of sp³-hybridized carbons (Fsp3) is 0.190. The molecule has 4 aromatic rings. The molecule has 0 atom stereocenters. The summed E-state index contributed by atoms with van der Waals surface area (Å²) < 4.78 is 3.87. The van der Waals surface area contributed by atoms with Crippen molar-refractivity contribution < 1.29 is 4.79 Å². The van der Waals surface area contributed by atoms with Gasteiger partial charge >= 0.3 is 0 Å². The highest BCUT2D eigenvalue weighted by molar-refractivity contribution is 5.94. The van der Waals surface area contributed by atoms with Crippen LogP contribution in [0.4, 0.5) is 0 Å². The molecule has 1 aliphatic heterocycles. The maximum atomic E-state index is 12.0. The number of hydrogen-bond acceptors (Lipinski definition) is 3. The predicted molar refractivity (Wildman–Crippen MR) is 106 cm³/mol. The molecule has 0 radical (unpaired) electrons. The van der Waals surface area contributed by atoms with Crippen LogP contribution in [0.5, 0.6) is 0 Å². The lowest BCUT2D eigenvalue weighted by Crippen LogP contribution is -2.35. The normalized spacial score (nSPS) is 13.1. The van der Waals surface area contributed by atoms with Crippen LogP contribution >= 0.6 is 0 Å². The average Bonchev–Trinajstić information content (AvgIpc) is 3.27. The topological polar surface area (TPSA) is 64.7 Å². The molecule has 0 spiro atoms. The Morgan fingerprint density at radius 2 is 1.89 bits per heavy atom. The quantitative estimate of drug-likeness (QED) is 0.596. The number of carbonyl (C=O) groups is 1. The van der Waals surface area contributed by atoms with E-state index in [1.54, 1.807) is 10.9 Å². The van der Waals surface area contributed by atoms with E-state index in [-0.39, 0.29) is 13.3 Å². The van der Waals surface area contributed by atoms with Gasteiger partial charge in [0.25, 0.3) is 5.91 Å². The average molecular weight is 359 g/mol. The van der Waals surface area contributed by atoms with Crippen molar-refractivity contribution in [2.45, 2.75) is 14.0 Å². The number of rotatable bonds is 2. The lowest BCUT2D eigenvalue weighted by molar-refractivity contribution is 0.0924. The van der Waals surface area contributed by atoms with Crippen LogP contribution in [0.3, 0.4) is 0 Å². The second-order valence-electron chi connectivity index (χ2n) is 6.52. The van der Waals surface area contributed by atoms with Crippen LogP contribution in [0.1, 0.15) is 17.9 Å². The minimum absolute atomic E-state index is 0. The third-order valence-electron chi connectivity index (χ3n) is 4.86. The molecule has 136 valence electrons. The van der Waals surface area contributed by atoms with Gasteiger partial charge in [-0.1, -0.05) is 13.5 Å². The lowest BCUT2D eigenvalue weighted by atomic mass is 10.1. The molecule has 0 saturated heterocycles. The largest absolute Gasteiger partial charge is 0.351 e. The maximum absolute atomic E-state index is 12.0. The molecule has 3 aromatic heterocycles. The first kappa shape index (κ1) is 17.0. The van der Waals surface area contributed by atoms with Crippen LogP contribution in [-0.4, -0.2) is 31.8 Å². The maximum Gasteiger partial charge on any atom is 0.269 e. The summed E-state index contributed by atoms with van der Waals surface area (Å²) >= 11 is 0. The second-order valence-corrected chi connectivity index (χ2v) is 6.52. The Labute approximate surface area is 157 Å². The van der Waals surface area contributed by atoms with Gasteiger partial charge in [-0.05, 0) is 36.4 Å². The summed E-state index contributed by atoms with van der Waals surface area (Å²) in [5.74, 6) is -0.0705. The molecular formula is C21H21N5O. The molecule has 6 heteroatoms. The Hall–Kier alpha value is -3.41. The van der Waals surface area contributed by atoms with Gasteiger partial charge in [0, 0.05) is 48.0 Å². The highest BCUT2D eigenvalue weighted by Crippen LogP contribution is 2.27. The molecule has 0 fully saturated rings. The first-order valence-electron chi connectivity index (χ1n) is 8.57. The fourth-order valence-electron chi connectivity index (χ4n) is 3.47. The SMILES string of the molecule is C.Cn1ccc2cc(-c3cc(-c4cc5n(n4)CCNC5=O)ccn3)ccc21. The summed E-state index contributed by atoms with van der Waals surface area (Å²) in [7, 11) is 2.04. The number of pyridine rings is 1. The Morgan fingerprint density at radius 3 is 2.74 bits per heavy atom. The summed E-state index contributed by atoms with van der Waals surface area (Å²) in [6.07, 6.45) is 3.84. The highest BCUT2D eigenvalue weighted by atomic mass is 16.2. The summed E-state index contributed by atoms with van der Waals surface area (Å²) in [5, 5.41) is 8.62. The number of nitrogens with one attached hydrogen (secondary N) is 1. The van der Waals surface area contributed by atoms with Gasteiger partial charge in [-0.15, -0.1) is 0 Å². The van der Waals surface area contributed by atoms with Crippen molar-refractivity contribution in [2.24, 2.45) is 7.05 Å². The first-order valence-corrected chi connectivity index (χ1v) is 8.57. The van der Waals surface area contributed by atoms with Gasteiger partial charge in [-0.2, -0.15) is 5.10 Å². The Balaban J connectivity index is 0.00000180. The van der Waals surface area contributed by atoms with Gasteiger partial charge in [0.15, 0.2) is 0 Å². The number of nitrogens with zero attached hydrogens (tertiary/aromatic N) is 4. The summed E-state index contributed by atoms with van der Waals surface area (Å²) in [4.78, 5) is 16.5. The van der Waals surface area contributed by atoms with Crippen molar-refractivity contribution in [1.29, 1.82) is 0 Å². The molecule has 6 nitrogen and oxygen atoms in total. The molecule has 0 aliphatic carbocycles. The molecule has 1 aliphatic rings. The molecule has 0 unspecified atom stereocenters. The standard InChI is InChI=1S/C20H17N5O.CH4/c1-24-8-5-15-10-13(2-3-18(15)24)16-11-14(4-6-21-16)17-12-19-20(26)22-7-9-25(19)23-17;/h2-6,8,10-12H,7,9H2,1H3,(H,22,26);1H4. The van der Waals surface area contributed by atoms with Gasteiger partial charge in [-0.25, -0.2) is 0 Å². The van der Waals surface area contributed by atoms with E-state index in [1.165, 1.54) is 10.9 Å². The Morgan fingerprint density at radius 1 is 1.04 bits per heavy atom. The number of fused-ring (bicyclic) bond motifs is 2. The van der Waals surface area contributed by atoms with Crippen molar-refractivity contribution in [3.8, 4) is 22.5 Å². The van der Waals surface area contributed by atoms with Gasteiger partial charge in [-0.3, -0.25) is 14.5 Å². The van der Waals surface area contributed by atoms with E-state index >= 15 is 0 Å². The summed E-state index contributed by atoms with van der Waals surface area (Å²) in [6.45, 7) is 1.31. The van der Waals surface area contributed by atoms with Crippen LogP contribution in [0, 0.1) is 0 Å². The Kier molecular flexibility index (Phi) is 4.03. The molecule has 4 heterocycles. The monoisotopic (exact) mass is 359 g/mol. The third kappa shape index (κ3) is 2.79. The van der Waals surface area contributed by atoms with Crippen molar-refractivity contribution in [2.75, 3.05) is 6.54 Å². The Bertz CT molecular complexity index is 1150. The molecular weight excluding hydrogens is 338 g/mol. The zero-order valence-electron chi connectivity index (χ0n) is 14.3. The van der Waals surface area contributed by atoms with Crippen LogP contribution in [0.25, 0.3) is 33.4 Å². The van der Waals surface area contributed by atoms with Crippen LogP contribution in [-0.2, 0) is 13.6 Å². The minimum Gasteiger partial charge on any atom is -0.351 e. The van der Waals surface area contributed by atoms with E-state index < -0.39 is 0 Å². The zero-order chi connectivity index (χ0) is 17.7. The fourth-order valence-corrected chi connectivity index (χ4v) is 3.47. The van der Waals surface area contributed by atoms with E-state index in [9.17, 15) is 4.79 Å². The number of amides is 1. The van der Waals surface area contributed by atoms with E-state index in [0.29, 0.717) is 18.8 Å². The molecule has 1 aromatic carbocycles. The van der Waals surface area contributed by atoms with Crippen LogP contribution in [0.2, 0.25) is 0 Å². The van der Waals surface area contributed by atoms with Crippen molar-refractivity contribution in [3.63, 3.8) is 0 Å². The smallest absolute Gasteiger partial charge is 0.269 e. The number of aromatic nitrogens is 4. The van der Waals surface area contributed by atoms with Gasteiger partial charge in [0.1, 0.15) is 5.69 Å². The van der Waals surface area contributed by atoms with E-state index in [4.69, 9.17) is 0 Å². The first-order chi connectivity index (χ1) is 12.7. The summed E-state index contributed by atoms with van der Waals surface area (Å²) in [5.41, 5.74) is 5.50. The molecule has 0 bridgehead atoms. The van der Waals surface area contributed by atoms with Gasteiger partial charge in [0.2, 0.25) is 0 Å². The zero-order valence-corrected chi connectivity index (χ0v) is 14.3. The van der Waals surface area contributed by atoms with E-state index in [2.05, 4.69) is 50.4 Å². The molecule has 27 heavy (non-hydrogen) atoms. The molecule has 1 N–H and O–H groups in total. The third-order valence-corrected chi connectivity index (χ3v) is 4.86. The molecule has 1 amide bonds. The van der Waals surface area contributed by atoms with E-state index in [0.717, 1.165) is 22.5 Å². The number of carbonyl (C=O) groups excluding carboxylic acids is 1. The second kappa shape index (κ2) is 6.39. The minimum atomic E-state index is -0.0705. The van der Waals surface area contributed by atoms with Crippen molar-refractivity contribution in [1.82, 2.24) is 24.6 Å². The van der Waals surface area contributed by atoms with Crippen LogP contribution in [0.15, 0.2) is 54.9 Å². The highest BCUT2D eigenvalue weighted by Gasteiger charge is 2.20. The molecule has 5 rings (SSSR count). The van der Waals surface area contributed by atoms with Gasteiger partial charge in [0.05, 0.1) is 17.9 Å². The molecule has 0 saturated carbocycles. The predicted octanol–water partition coefficient (Wildman–Crippen LogP) is 3.48. The number of benzene rings is 1. The van der Waals surface area contributed by atoms with E-state index in [1.807, 2.05) is 25.2 Å². The lowest BCUT2D eigenvalue weighted by Gasteiger charge is -2.13. The number of hydrogen-bond donors (Lipinski definition) is 1. The number of aryl methyl sites for hydroxylation is 1. The van der Waals surface area contributed by atoms with Gasteiger partial charge < -0.3 is 9.88 Å². The summed E-state index contributed by atoms with van der Waals surface area (Å²) in [6, 6.07) is 14.2. The van der Waals surface area contributed by atoms with Crippen molar-refractivity contribution in [3.05, 3.63) is 60.6 Å². The van der Waals surface area contributed by atoms with Crippen molar-refractivity contribution >= 4 is 16.8 Å². The van der Waals surface area contributed by atoms with Crippen LogP contribution < -0.4 is 5.32 Å².